The predicted octanol–water partition coefficient (Wildman–Crippen LogP) is 5.42. The fraction of sp³-hybridized carbons (Fsp3) is 0.310. The number of ether oxygens (including phenoxy) is 1. The Balaban J connectivity index is 1.67. The van der Waals surface area contributed by atoms with E-state index in [0.717, 1.165) is 33.3 Å². The van der Waals surface area contributed by atoms with Gasteiger partial charge in [0, 0.05) is 5.39 Å². The van der Waals surface area contributed by atoms with Crippen LogP contribution in [-0.4, -0.2) is 33.4 Å². The number of carbonyl (C=O) groups is 1. The van der Waals surface area contributed by atoms with E-state index in [9.17, 15) is 14.3 Å². The van der Waals surface area contributed by atoms with Crippen LogP contribution in [-0.2, 0) is 4.79 Å². The second-order valence-electron chi connectivity index (χ2n) is 9.96. The molecule has 7 heteroatoms. The number of carbonyl (C=O) groups excluding carboxylic acids is 1. The highest BCUT2D eigenvalue weighted by atomic mass is 19.1. The van der Waals surface area contributed by atoms with Crippen LogP contribution in [0.15, 0.2) is 66.9 Å². The largest absolute Gasteiger partial charge is 0.484 e. The first-order chi connectivity index (χ1) is 17.1. The van der Waals surface area contributed by atoms with E-state index in [1.165, 1.54) is 12.1 Å². The van der Waals surface area contributed by atoms with Crippen LogP contribution in [0.5, 0.6) is 5.75 Å². The van der Waals surface area contributed by atoms with Crippen molar-refractivity contribution in [3.8, 4) is 11.4 Å². The summed E-state index contributed by atoms with van der Waals surface area (Å²) in [5, 5.41) is 18.0. The number of aliphatic hydroxyl groups excluding tert-OH is 1. The first kappa shape index (κ1) is 25.4. The van der Waals surface area contributed by atoms with E-state index in [1.54, 1.807) is 36.9 Å². The second kappa shape index (κ2) is 10.1. The van der Waals surface area contributed by atoms with Crippen molar-refractivity contribution in [1.82, 2.24) is 15.1 Å². The van der Waals surface area contributed by atoms with Gasteiger partial charge in [0.25, 0.3) is 0 Å². The summed E-state index contributed by atoms with van der Waals surface area (Å²) < 4.78 is 21.6. The second-order valence-corrected chi connectivity index (χ2v) is 9.96. The molecule has 0 radical (unpaired) electrons. The van der Waals surface area contributed by atoms with E-state index in [-0.39, 0.29) is 24.4 Å². The molecule has 2 N–H and O–H groups in total. The molecule has 6 nitrogen and oxygen atoms in total. The Bertz CT molecular complexity index is 1380. The van der Waals surface area contributed by atoms with E-state index in [0.29, 0.717) is 5.75 Å². The van der Waals surface area contributed by atoms with E-state index in [4.69, 9.17) is 4.74 Å². The number of hydrogen-bond donors (Lipinski definition) is 2. The van der Waals surface area contributed by atoms with Crippen LogP contribution in [0.3, 0.4) is 0 Å². The average Bonchev–Trinajstić information content (AvgIpc) is 3.27. The summed E-state index contributed by atoms with van der Waals surface area (Å²) in [6.07, 6.45) is 1.28. The lowest BCUT2D eigenvalue weighted by atomic mass is 9.91. The number of nitrogens with zero attached hydrogens (tertiary/aromatic N) is 2. The third kappa shape index (κ3) is 5.26. The highest BCUT2D eigenvalue weighted by molar-refractivity contribution is 5.82. The summed E-state index contributed by atoms with van der Waals surface area (Å²) in [4.78, 5) is 12.8. The molecule has 3 aromatic carbocycles. The Hall–Kier alpha value is -3.71. The summed E-state index contributed by atoms with van der Waals surface area (Å²) in [5.74, 6) is 0.0916. The highest BCUT2D eigenvalue weighted by Gasteiger charge is 2.31. The third-order valence-corrected chi connectivity index (χ3v) is 6.44. The van der Waals surface area contributed by atoms with Gasteiger partial charge in [0.2, 0.25) is 5.91 Å². The van der Waals surface area contributed by atoms with Gasteiger partial charge >= 0.3 is 0 Å². The molecule has 0 fully saturated rings. The van der Waals surface area contributed by atoms with Crippen LogP contribution >= 0.6 is 0 Å². The zero-order valence-corrected chi connectivity index (χ0v) is 21.2. The zero-order chi connectivity index (χ0) is 26.0. The standard InChI is InChI=1S/C29H32FN3O3/c1-18-6-7-19(2)25(14-18)27(20(3)32-28(35)29(4,5)17-34)36-24-12-13-26-21(15-24)16-31-33(26)23-10-8-22(30)9-11-23/h6-16,20,27,34H,17H2,1-5H3,(H,32,35). The predicted molar refractivity (Wildman–Crippen MR) is 139 cm³/mol. The molecule has 0 aliphatic heterocycles. The quantitative estimate of drug-likeness (QED) is 0.346. The van der Waals surface area contributed by atoms with Crippen LogP contribution < -0.4 is 10.1 Å². The number of aryl methyl sites for hydroxylation is 2. The molecule has 188 valence electrons. The van der Waals surface area contributed by atoms with Gasteiger partial charge in [-0.15, -0.1) is 0 Å². The van der Waals surface area contributed by atoms with Gasteiger partial charge < -0.3 is 15.2 Å². The summed E-state index contributed by atoms with van der Waals surface area (Å²) >= 11 is 0. The van der Waals surface area contributed by atoms with Crippen molar-refractivity contribution < 1.29 is 19.0 Å². The van der Waals surface area contributed by atoms with Gasteiger partial charge in [-0.05, 0) is 88.2 Å². The van der Waals surface area contributed by atoms with Crippen LogP contribution in [0.25, 0.3) is 16.6 Å². The van der Waals surface area contributed by atoms with Crippen molar-refractivity contribution >= 4 is 16.8 Å². The minimum absolute atomic E-state index is 0.243. The Morgan fingerprint density at radius 3 is 2.53 bits per heavy atom. The van der Waals surface area contributed by atoms with Crippen molar-refractivity contribution in [3.63, 3.8) is 0 Å². The van der Waals surface area contributed by atoms with Crippen LogP contribution in [0.4, 0.5) is 4.39 Å². The fourth-order valence-corrected chi connectivity index (χ4v) is 4.07. The zero-order valence-electron chi connectivity index (χ0n) is 21.2. The number of rotatable bonds is 8. The molecule has 0 aliphatic carbocycles. The SMILES string of the molecule is Cc1ccc(C)c(C(Oc2ccc3c(cnn3-c3ccc(F)cc3)c2)C(C)NC(=O)C(C)(C)CO)c1. The van der Waals surface area contributed by atoms with Gasteiger partial charge in [-0.1, -0.05) is 23.8 Å². The molecule has 1 amide bonds. The average molecular weight is 490 g/mol. The van der Waals surface area contributed by atoms with Crippen molar-refractivity contribution in [2.45, 2.75) is 46.8 Å². The summed E-state index contributed by atoms with van der Waals surface area (Å²) in [6, 6.07) is 17.7. The molecule has 1 aromatic heterocycles. The molecule has 0 saturated heterocycles. The molecule has 36 heavy (non-hydrogen) atoms. The minimum atomic E-state index is -0.908. The van der Waals surface area contributed by atoms with Gasteiger partial charge in [-0.3, -0.25) is 4.79 Å². The monoisotopic (exact) mass is 489 g/mol. The lowest BCUT2D eigenvalue weighted by Gasteiger charge is -2.30. The molecule has 2 unspecified atom stereocenters. The van der Waals surface area contributed by atoms with Gasteiger partial charge in [0.05, 0.1) is 35.5 Å². The Morgan fingerprint density at radius 2 is 1.83 bits per heavy atom. The van der Waals surface area contributed by atoms with E-state index in [2.05, 4.69) is 16.5 Å². The number of nitrogens with one attached hydrogen (secondary N) is 1. The number of amides is 1. The van der Waals surface area contributed by atoms with Gasteiger partial charge in [-0.25, -0.2) is 9.07 Å². The third-order valence-electron chi connectivity index (χ3n) is 6.44. The maximum absolute atomic E-state index is 13.4. The molecular formula is C29H32FN3O3. The topological polar surface area (TPSA) is 76.4 Å². The van der Waals surface area contributed by atoms with E-state index in [1.807, 2.05) is 51.1 Å². The highest BCUT2D eigenvalue weighted by Crippen LogP contribution is 2.31. The molecular weight excluding hydrogens is 457 g/mol. The molecule has 4 aromatic rings. The van der Waals surface area contributed by atoms with E-state index >= 15 is 0 Å². The van der Waals surface area contributed by atoms with Crippen LogP contribution in [0.1, 0.15) is 43.6 Å². The van der Waals surface area contributed by atoms with Crippen molar-refractivity contribution in [2.24, 2.45) is 5.41 Å². The lowest BCUT2D eigenvalue weighted by molar-refractivity contribution is -0.132. The van der Waals surface area contributed by atoms with Crippen LogP contribution in [0, 0.1) is 25.1 Å². The molecule has 4 rings (SSSR count). The Labute approximate surface area is 210 Å². The molecule has 0 aliphatic rings. The van der Waals surface area contributed by atoms with Crippen molar-refractivity contribution in [2.75, 3.05) is 6.61 Å². The van der Waals surface area contributed by atoms with Gasteiger partial charge in [0.1, 0.15) is 17.7 Å². The number of hydrogen-bond acceptors (Lipinski definition) is 4. The smallest absolute Gasteiger partial charge is 0.228 e. The maximum Gasteiger partial charge on any atom is 0.228 e. The normalized spacial score (nSPS) is 13.4. The minimum Gasteiger partial charge on any atom is -0.484 e. The summed E-state index contributed by atoms with van der Waals surface area (Å²) in [6.45, 7) is 9.10. The summed E-state index contributed by atoms with van der Waals surface area (Å²) in [5.41, 5.74) is 3.84. The molecule has 0 bridgehead atoms. The van der Waals surface area contributed by atoms with Crippen LogP contribution in [0.2, 0.25) is 0 Å². The molecule has 1 heterocycles. The van der Waals surface area contributed by atoms with Crippen molar-refractivity contribution in [1.29, 1.82) is 0 Å². The molecule has 2 atom stereocenters. The number of halogens is 1. The molecule has 0 spiro atoms. The molecule has 0 saturated carbocycles. The van der Waals surface area contributed by atoms with Crippen molar-refractivity contribution in [3.05, 3.63) is 89.4 Å². The number of fused-ring (bicyclic) bond motifs is 1. The summed E-state index contributed by atoms with van der Waals surface area (Å²) in [7, 11) is 0. The number of aliphatic hydroxyl groups is 1. The Morgan fingerprint density at radius 1 is 1.11 bits per heavy atom. The first-order valence-electron chi connectivity index (χ1n) is 12.0. The number of aromatic nitrogens is 2. The van der Waals surface area contributed by atoms with Gasteiger partial charge in [0.15, 0.2) is 0 Å². The Kier molecular flexibility index (Phi) is 7.13. The first-order valence-corrected chi connectivity index (χ1v) is 12.0. The lowest BCUT2D eigenvalue weighted by Crippen LogP contribution is -2.46. The van der Waals surface area contributed by atoms with E-state index < -0.39 is 11.5 Å². The fourth-order valence-electron chi connectivity index (χ4n) is 4.07. The van der Waals surface area contributed by atoms with Gasteiger partial charge in [-0.2, -0.15) is 5.10 Å². The number of benzene rings is 3. The maximum atomic E-state index is 13.4.